The third kappa shape index (κ3) is 4.97. The summed E-state index contributed by atoms with van der Waals surface area (Å²) in [4.78, 5) is 20.5. The molecule has 0 saturated heterocycles. The molecular formula is C19H22N6O2. The summed E-state index contributed by atoms with van der Waals surface area (Å²) in [5.41, 5.74) is 1.67. The van der Waals surface area contributed by atoms with Crippen molar-refractivity contribution in [3.05, 3.63) is 60.7 Å². The van der Waals surface area contributed by atoms with Crippen molar-refractivity contribution in [1.82, 2.24) is 19.9 Å². The molecule has 0 radical (unpaired) electrons. The lowest BCUT2D eigenvalue weighted by atomic mass is 10.2. The summed E-state index contributed by atoms with van der Waals surface area (Å²) in [5, 5.41) is 8.76. The molecule has 0 aliphatic rings. The number of urea groups is 1. The minimum absolute atomic E-state index is 0.295. The molecule has 27 heavy (non-hydrogen) atoms. The normalized spacial score (nSPS) is 10.3. The van der Waals surface area contributed by atoms with Crippen molar-refractivity contribution in [3.8, 4) is 11.6 Å². The molecule has 140 valence electrons. The van der Waals surface area contributed by atoms with Crippen molar-refractivity contribution >= 4 is 17.5 Å². The van der Waals surface area contributed by atoms with E-state index in [4.69, 9.17) is 4.74 Å². The van der Waals surface area contributed by atoms with Crippen LogP contribution in [0.3, 0.4) is 0 Å². The van der Waals surface area contributed by atoms with E-state index < -0.39 is 0 Å². The number of nitrogens with one attached hydrogen (secondary N) is 3. The minimum atomic E-state index is -0.295. The van der Waals surface area contributed by atoms with Gasteiger partial charge in [0.15, 0.2) is 0 Å². The maximum atomic E-state index is 12.1. The Morgan fingerprint density at radius 1 is 1.15 bits per heavy atom. The predicted molar refractivity (Wildman–Crippen MR) is 105 cm³/mol. The van der Waals surface area contributed by atoms with Crippen LogP contribution in [-0.2, 0) is 0 Å². The van der Waals surface area contributed by atoms with Crippen molar-refractivity contribution in [2.75, 3.05) is 30.8 Å². The van der Waals surface area contributed by atoms with E-state index in [1.54, 1.807) is 7.11 Å². The third-order valence-corrected chi connectivity index (χ3v) is 3.84. The number of amides is 2. The summed E-state index contributed by atoms with van der Waals surface area (Å²) in [6.07, 6.45) is 5.33. The molecule has 8 nitrogen and oxygen atoms in total. The average Bonchev–Trinajstić information content (AvgIpc) is 3.21. The number of carbonyl (C=O) groups excluding carboxylic acids is 1. The molecule has 3 aromatic rings. The van der Waals surface area contributed by atoms with Gasteiger partial charge in [0.1, 0.15) is 23.7 Å². The number of hydrogen-bond donors (Lipinski definition) is 3. The first-order chi connectivity index (χ1) is 13.2. The Kier molecular flexibility index (Phi) is 5.88. The monoisotopic (exact) mass is 366 g/mol. The molecule has 8 heteroatoms. The Bertz CT molecular complexity index is 895. The van der Waals surface area contributed by atoms with Crippen LogP contribution in [-0.4, -0.2) is 40.8 Å². The van der Waals surface area contributed by atoms with Crippen LogP contribution in [0.1, 0.15) is 5.56 Å². The first kappa shape index (κ1) is 18.2. The lowest BCUT2D eigenvalue weighted by Gasteiger charge is -2.12. The molecule has 0 bridgehead atoms. The molecule has 2 amide bonds. The van der Waals surface area contributed by atoms with E-state index in [0.29, 0.717) is 30.3 Å². The highest BCUT2D eigenvalue weighted by molar-refractivity contribution is 5.91. The summed E-state index contributed by atoms with van der Waals surface area (Å²) >= 11 is 0. The maximum absolute atomic E-state index is 12.1. The standard InChI is InChI=1S/C19H22N6O2/c1-14-5-6-16(27-2)15(11-14)24-19(26)21-8-7-20-17-12-18(23-13-22-17)25-9-3-4-10-25/h3-6,9-13H,7-8H2,1-2H3,(H,20,22,23)(H2,21,24,26). The molecule has 0 unspecified atom stereocenters. The number of carbonyl (C=O) groups is 1. The lowest BCUT2D eigenvalue weighted by molar-refractivity contribution is 0.252. The number of aromatic nitrogens is 3. The molecule has 3 rings (SSSR count). The molecule has 0 aliphatic carbocycles. The fourth-order valence-corrected chi connectivity index (χ4v) is 2.52. The van der Waals surface area contributed by atoms with Gasteiger partial charge in [-0.25, -0.2) is 14.8 Å². The number of benzene rings is 1. The fraction of sp³-hybridized carbons (Fsp3) is 0.211. The molecule has 2 aromatic heterocycles. The van der Waals surface area contributed by atoms with Gasteiger partial charge in [0.05, 0.1) is 12.8 Å². The molecule has 0 aliphatic heterocycles. The lowest BCUT2D eigenvalue weighted by Crippen LogP contribution is -2.32. The number of anilines is 2. The summed E-state index contributed by atoms with van der Waals surface area (Å²) in [6.45, 7) is 2.92. The van der Waals surface area contributed by atoms with Gasteiger partial charge in [0.25, 0.3) is 0 Å². The van der Waals surface area contributed by atoms with Crippen LogP contribution in [0.5, 0.6) is 5.75 Å². The predicted octanol–water partition coefficient (Wildman–Crippen LogP) is 2.82. The Labute approximate surface area is 157 Å². The Hall–Kier alpha value is -3.55. The maximum Gasteiger partial charge on any atom is 0.319 e. The van der Waals surface area contributed by atoms with E-state index in [1.807, 2.05) is 60.3 Å². The van der Waals surface area contributed by atoms with Gasteiger partial charge in [-0.2, -0.15) is 0 Å². The van der Waals surface area contributed by atoms with Gasteiger partial charge in [0.2, 0.25) is 0 Å². The molecular weight excluding hydrogens is 344 g/mol. The molecule has 1 aromatic carbocycles. The van der Waals surface area contributed by atoms with Crippen molar-refractivity contribution in [2.24, 2.45) is 0 Å². The van der Waals surface area contributed by atoms with Gasteiger partial charge in [-0.3, -0.25) is 0 Å². The number of methoxy groups -OCH3 is 1. The second-order valence-corrected chi connectivity index (χ2v) is 5.86. The topological polar surface area (TPSA) is 93.1 Å². The van der Waals surface area contributed by atoms with E-state index >= 15 is 0 Å². The highest BCUT2D eigenvalue weighted by Gasteiger charge is 2.07. The number of aryl methyl sites for hydroxylation is 1. The van der Waals surface area contributed by atoms with Gasteiger partial charge in [-0.05, 0) is 36.8 Å². The summed E-state index contributed by atoms with van der Waals surface area (Å²) in [6, 6.07) is 11.0. The molecule has 3 N–H and O–H groups in total. The summed E-state index contributed by atoms with van der Waals surface area (Å²) in [5.74, 6) is 2.08. The molecule has 0 fully saturated rings. The molecule has 0 atom stereocenters. The smallest absolute Gasteiger partial charge is 0.319 e. The summed E-state index contributed by atoms with van der Waals surface area (Å²) in [7, 11) is 1.57. The van der Waals surface area contributed by atoms with Gasteiger partial charge < -0.3 is 25.3 Å². The highest BCUT2D eigenvalue weighted by atomic mass is 16.5. The zero-order valence-electron chi connectivity index (χ0n) is 15.3. The van der Waals surface area contributed by atoms with Gasteiger partial charge in [-0.15, -0.1) is 0 Å². The van der Waals surface area contributed by atoms with Crippen LogP contribution in [0, 0.1) is 6.92 Å². The van der Waals surface area contributed by atoms with Crippen LogP contribution >= 0.6 is 0 Å². The number of hydrogen-bond acceptors (Lipinski definition) is 5. The van der Waals surface area contributed by atoms with Gasteiger partial charge in [0, 0.05) is 31.5 Å². The summed E-state index contributed by atoms with van der Waals surface area (Å²) < 4.78 is 7.15. The zero-order valence-corrected chi connectivity index (χ0v) is 15.3. The third-order valence-electron chi connectivity index (χ3n) is 3.84. The Morgan fingerprint density at radius 2 is 1.96 bits per heavy atom. The van der Waals surface area contributed by atoms with Crippen molar-refractivity contribution in [3.63, 3.8) is 0 Å². The SMILES string of the molecule is COc1ccc(C)cc1NC(=O)NCCNc1cc(-n2cccc2)ncn1. The van der Waals surface area contributed by atoms with E-state index in [-0.39, 0.29) is 6.03 Å². The average molecular weight is 366 g/mol. The van der Waals surface area contributed by atoms with Crippen molar-refractivity contribution in [1.29, 1.82) is 0 Å². The van der Waals surface area contributed by atoms with Crippen LogP contribution in [0.4, 0.5) is 16.3 Å². The van der Waals surface area contributed by atoms with Crippen LogP contribution in [0.25, 0.3) is 5.82 Å². The molecule has 0 saturated carbocycles. The molecule has 0 spiro atoms. The van der Waals surface area contributed by atoms with Gasteiger partial charge >= 0.3 is 6.03 Å². The number of nitrogens with zero attached hydrogens (tertiary/aromatic N) is 3. The second kappa shape index (κ2) is 8.70. The van der Waals surface area contributed by atoms with Crippen LogP contribution in [0.15, 0.2) is 55.1 Å². The number of rotatable bonds is 7. The second-order valence-electron chi connectivity index (χ2n) is 5.86. The molecule has 2 heterocycles. The largest absolute Gasteiger partial charge is 0.495 e. The minimum Gasteiger partial charge on any atom is -0.495 e. The Balaban J connectivity index is 1.47. The van der Waals surface area contributed by atoms with Crippen molar-refractivity contribution < 1.29 is 9.53 Å². The Morgan fingerprint density at radius 3 is 2.74 bits per heavy atom. The number of ether oxygens (including phenoxy) is 1. The van der Waals surface area contributed by atoms with Crippen LogP contribution in [0.2, 0.25) is 0 Å². The van der Waals surface area contributed by atoms with E-state index in [2.05, 4.69) is 25.9 Å². The van der Waals surface area contributed by atoms with E-state index in [9.17, 15) is 4.79 Å². The zero-order chi connectivity index (χ0) is 19.1. The quantitative estimate of drug-likeness (QED) is 0.559. The fourth-order valence-electron chi connectivity index (χ4n) is 2.52. The van der Waals surface area contributed by atoms with E-state index in [1.165, 1.54) is 6.33 Å². The first-order valence-corrected chi connectivity index (χ1v) is 8.54. The first-order valence-electron chi connectivity index (χ1n) is 8.54. The van der Waals surface area contributed by atoms with Crippen LogP contribution < -0.4 is 20.7 Å². The van der Waals surface area contributed by atoms with Gasteiger partial charge in [-0.1, -0.05) is 6.07 Å². The van der Waals surface area contributed by atoms with Crippen molar-refractivity contribution in [2.45, 2.75) is 6.92 Å². The highest BCUT2D eigenvalue weighted by Crippen LogP contribution is 2.24. The van der Waals surface area contributed by atoms with E-state index in [0.717, 1.165) is 11.4 Å².